The lowest BCUT2D eigenvalue weighted by Gasteiger charge is -2.11. The van der Waals surface area contributed by atoms with Gasteiger partial charge in [-0.2, -0.15) is 0 Å². The van der Waals surface area contributed by atoms with Crippen molar-refractivity contribution < 1.29 is 17.9 Å². The Labute approximate surface area is 153 Å². The number of hydrogen-bond acceptors (Lipinski definition) is 4. The van der Waals surface area contributed by atoms with Crippen LogP contribution in [0.15, 0.2) is 48.7 Å². The van der Waals surface area contributed by atoms with Crippen LogP contribution in [0, 0.1) is 6.92 Å². The summed E-state index contributed by atoms with van der Waals surface area (Å²) < 4.78 is 30.0. The van der Waals surface area contributed by atoms with Gasteiger partial charge in [-0.3, -0.25) is 0 Å². The Hall–Kier alpha value is -2.60. The van der Waals surface area contributed by atoms with Crippen molar-refractivity contribution in [2.45, 2.75) is 19.2 Å². The van der Waals surface area contributed by atoms with Crippen LogP contribution in [0.4, 0.5) is 0 Å². The van der Waals surface area contributed by atoms with E-state index >= 15 is 0 Å². The molecule has 0 bridgehead atoms. The van der Waals surface area contributed by atoms with Crippen LogP contribution in [0.2, 0.25) is 0 Å². The third kappa shape index (κ3) is 3.80. The van der Waals surface area contributed by atoms with Crippen LogP contribution in [0.1, 0.15) is 27.0 Å². The minimum atomic E-state index is -3.07. The number of hydrogen-bond donors (Lipinski definition) is 0. The Balaban J connectivity index is 1.99. The molecule has 0 amide bonds. The topological polar surface area (TPSA) is 65.4 Å². The quantitative estimate of drug-likeness (QED) is 0.645. The molecule has 2 aromatic carbocycles. The molecule has 0 atom stereocenters. The fourth-order valence-electron chi connectivity index (χ4n) is 3.26. The summed E-state index contributed by atoms with van der Waals surface area (Å²) in [5.41, 5.74) is 4.17. The van der Waals surface area contributed by atoms with Crippen molar-refractivity contribution in [3.05, 3.63) is 70.9 Å². The number of rotatable bonds is 5. The second-order valence-electron chi connectivity index (χ2n) is 6.50. The zero-order valence-electron chi connectivity index (χ0n) is 15.0. The van der Waals surface area contributed by atoms with Crippen molar-refractivity contribution >= 4 is 26.7 Å². The van der Waals surface area contributed by atoms with Crippen molar-refractivity contribution in [2.24, 2.45) is 0 Å². The van der Waals surface area contributed by atoms with Gasteiger partial charge in [0, 0.05) is 19.0 Å². The minimum Gasteiger partial charge on any atom is -0.465 e. The molecular weight excluding hydrogens is 350 g/mol. The maximum Gasteiger partial charge on any atom is 0.338 e. The Morgan fingerprint density at radius 1 is 1.12 bits per heavy atom. The fourth-order valence-corrected chi connectivity index (χ4v) is 4.05. The maximum atomic E-state index is 12.0. The molecule has 0 N–H and O–H groups in total. The van der Waals surface area contributed by atoms with Crippen molar-refractivity contribution in [3.8, 4) is 0 Å². The Kier molecular flexibility index (Phi) is 4.87. The third-order valence-electron chi connectivity index (χ3n) is 4.36. The predicted octanol–water partition coefficient (Wildman–Crippen LogP) is 3.33. The highest BCUT2D eigenvalue weighted by Crippen LogP contribution is 2.25. The number of nitrogens with zero attached hydrogens (tertiary/aromatic N) is 1. The van der Waals surface area contributed by atoms with Crippen molar-refractivity contribution in [2.75, 3.05) is 13.4 Å². The minimum absolute atomic E-state index is 0.0266. The lowest BCUT2D eigenvalue weighted by Crippen LogP contribution is -2.06. The van der Waals surface area contributed by atoms with E-state index < -0.39 is 9.84 Å². The molecular formula is C20H21NO4S. The molecule has 0 fully saturated rings. The number of fused-ring (bicyclic) bond motifs is 1. The van der Waals surface area contributed by atoms with E-state index in [-0.39, 0.29) is 11.7 Å². The normalized spacial score (nSPS) is 11.7. The first-order valence-electron chi connectivity index (χ1n) is 8.21. The molecule has 0 unspecified atom stereocenters. The number of carbonyl (C=O) groups excluding carboxylic acids is 1. The first kappa shape index (κ1) is 18.2. The largest absolute Gasteiger partial charge is 0.465 e. The zero-order chi connectivity index (χ0) is 18.9. The molecule has 3 rings (SSSR count). The van der Waals surface area contributed by atoms with Crippen molar-refractivity contribution in [1.82, 2.24) is 4.57 Å². The van der Waals surface area contributed by atoms with Crippen molar-refractivity contribution in [1.29, 1.82) is 0 Å². The Morgan fingerprint density at radius 2 is 1.85 bits per heavy atom. The van der Waals surface area contributed by atoms with E-state index in [1.54, 1.807) is 6.07 Å². The third-order valence-corrected chi connectivity index (χ3v) is 5.22. The summed E-state index contributed by atoms with van der Waals surface area (Å²) in [6.07, 6.45) is 3.21. The second kappa shape index (κ2) is 6.96. The van der Waals surface area contributed by atoms with Gasteiger partial charge >= 0.3 is 5.97 Å². The van der Waals surface area contributed by atoms with Gasteiger partial charge in [0.1, 0.15) is 0 Å². The summed E-state index contributed by atoms with van der Waals surface area (Å²) in [5, 5.41) is 1.04. The summed E-state index contributed by atoms with van der Waals surface area (Å²) in [7, 11) is -1.70. The van der Waals surface area contributed by atoms with Gasteiger partial charge in [-0.05, 0) is 41.1 Å². The smallest absolute Gasteiger partial charge is 0.338 e. The molecule has 0 aliphatic rings. The average Bonchev–Trinajstić information content (AvgIpc) is 2.97. The average molecular weight is 371 g/mol. The highest BCUT2D eigenvalue weighted by atomic mass is 32.2. The van der Waals surface area contributed by atoms with Crippen LogP contribution >= 0.6 is 0 Å². The molecule has 6 heteroatoms. The maximum absolute atomic E-state index is 12.0. The van der Waals surface area contributed by atoms with Gasteiger partial charge in [-0.1, -0.05) is 30.3 Å². The first-order valence-corrected chi connectivity index (χ1v) is 10.3. The number of ether oxygens (including phenoxy) is 1. The molecule has 0 aliphatic carbocycles. The molecule has 3 aromatic rings. The lowest BCUT2D eigenvalue weighted by atomic mass is 10.1. The van der Waals surface area contributed by atoms with E-state index in [1.165, 1.54) is 13.4 Å². The van der Waals surface area contributed by atoms with Crippen LogP contribution in [-0.2, 0) is 26.9 Å². The van der Waals surface area contributed by atoms with Crippen molar-refractivity contribution in [3.63, 3.8) is 0 Å². The lowest BCUT2D eigenvalue weighted by molar-refractivity contribution is 0.0600. The number of carbonyl (C=O) groups is 1. The second-order valence-corrected chi connectivity index (χ2v) is 8.64. The Morgan fingerprint density at radius 3 is 2.54 bits per heavy atom. The number of esters is 1. The summed E-state index contributed by atoms with van der Waals surface area (Å²) in [6.45, 7) is 2.50. The van der Waals surface area contributed by atoms with Crippen LogP contribution < -0.4 is 0 Å². The van der Waals surface area contributed by atoms with Gasteiger partial charge in [-0.15, -0.1) is 0 Å². The predicted molar refractivity (Wildman–Crippen MR) is 102 cm³/mol. The van der Waals surface area contributed by atoms with Crippen LogP contribution in [0.3, 0.4) is 0 Å². The van der Waals surface area contributed by atoms with E-state index in [1.807, 2.05) is 49.5 Å². The van der Waals surface area contributed by atoms with Gasteiger partial charge in [0.05, 0.1) is 23.9 Å². The molecule has 0 saturated carbocycles. The number of methoxy groups -OCH3 is 1. The molecule has 0 saturated heterocycles. The van der Waals surface area contributed by atoms with E-state index in [2.05, 4.69) is 4.57 Å². The monoisotopic (exact) mass is 371 g/mol. The fraction of sp³-hybridized carbons (Fsp3) is 0.250. The van der Waals surface area contributed by atoms with E-state index in [4.69, 9.17) is 4.74 Å². The molecule has 0 aliphatic heterocycles. The standard InChI is InChI=1S/C20H21NO4S/c1-14-18(20(22)25-2)8-7-17-9-10-21(19(14)17)12-15-5-4-6-16(11-15)13-26(3,23)24/h4-11H,12-13H2,1-3H3. The van der Waals surface area contributed by atoms with Gasteiger partial charge in [-0.25, -0.2) is 13.2 Å². The Bertz CT molecular complexity index is 1080. The number of aryl methyl sites for hydroxylation is 1. The molecule has 26 heavy (non-hydrogen) atoms. The highest BCUT2D eigenvalue weighted by molar-refractivity contribution is 7.89. The first-order chi connectivity index (χ1) is 12.3. The highest BCUT2D eigenvalue weighted by Gasteiger charge is 2.14. The number of aromatic nitrogens is 1. The number of benzene rings is 2. The van der Waals surface area contributed by atoms with Gasteiger partial charge < -0.3 is 9.30 Å². The molecule has 0 spiro atoms. The molecule has 1 heterocycles. The summed E-state index contributed by atoms with van der Waals surface area (Å²) in [4.78, 5) is 12.0. The van der Waals surface area contributed by atoms with Crippen LogP contribution in [-0.4, -0.2) is 32.3 Å². The van der Waals surface area contributed by atoms with E-state index in [9.17, 15) is 13.2 Å². The zero-order valence-corrected chi connectivity index (χ0v) is 15.8. The van der Waals surface area contributed by atoms with Gasteiger partial charge in [0.25, 0.3) is 0 Å². The summed E-state index contributed by atoms with van der Waals surface area (Å²) >= 11 is 0. The van der Waals surface area contributed by atoms with E-state index in [0.29, 0.717) is 12.1 Å². The molecule has 5 nitrogen and oxygen atoms in total. The van der Waals surface area contributed by atoms with E-state index in [0.717, 1.165) is 27.6 Å². The van der Waals surface area contributed by atoms with Gasteiger partial charge in [0.15, 0.2) is 9.84 Å². The molecule has 136 valence electrons. The van der Waals surface area contributed by atoms with Gasteiger partial charge in [0.2, 0.25) is 0 Å². The summed E-state index contributed by atoms with van der Waals surface area (Å²) in [5.74, 6) is -0.328. The molecule has 1 aromatic heterocycles. The molecule has 0 radical (unpaired) electrons. The van der Waals surface area contributed by atoms with Crippen LogP contribution in [0.25, 0.3) is 10.9 Å². The SMILES string of the molecule is COC(=O)c1ccc2ccn(Cc3cccc(CS(C)(=O)=O)c3)c2c1C. The summed E-state index contributed by atoms with van der Waals surface area (Å²) in [6, 6.07) is 13.3. The van der Waals surface area contributed by atoms with Crippen LogP contribution in [0.5, 0.6) is 0 Å². The number of sulfone groups is 1.